The fraction of sp³-hybridized carbons (Fsp3) is 0.438. The zero-order chi connectivity index (χ0) is 19.1. The first-order valence-electron chi connectivity index (χ1n) is 7.75. The number of aromatic nitrogens is 2. The molecule has 0 aliphatic heterocycles. The third-order valence-corrected chi connectivity index (χ3v) is 4.12. The van der Waals surface area contributed by atoms with Crippen LogP contribution in [0.4, 0.5) is 17.6 Å². The molecule has 10 heteroatoms. The van der Waals surface area contributed by atoms with Gasteiger partial charge in [0.2, 0.25) is 5.82 Å². The SMILES string of the molecule is CON(C(=O)C1CC1F)C(C)c1ccc(-c2noc(C(F)(F)F)n2)cc1. The third kappa shape index (κ3) is 3.55. The lowest BCUT2D eigenvalue weighted by Gasteiger charge is -2.27. The van der Waals surface area contributed by atoms with E-state index in [4.69, 9.17) is 4.84 Å². The van der Waals surface area contributed by atoms with E-state index in [9.17, 15) is 22.4 Å². The molecule has 1 aromatic heterocycles. The van der Waals surface area contributed by atoms with E-state index in [1.807, 2.05) is 0 Å². The van der Waals surface area contributed by atoms with Gasteiger partial charge in [0.15, 0.2) is 0 Å². The molecule has 3 atom stereocenters. The maximum atomic E-state index is 13.1. The highest BCUT2D eigenvalue weighted by molar-refractivity contribution is 5.81. The van der Waals surface area contributed by atoms with Crippen LogP contribution in [0.3, 0.4) is 0 Å². The van der Waals surface area contributed by atoms with Gasteiger partial charge in [-0.05, 0) is 18.9 Å². The summed E-state index contributed by atoms with van der Waals surface area (Å²) in [5.41, 5.74) is 0.973. The largest absolute Gasteiger partial charge is 0.471 e. The van der Waals surface area contributed by atoms with E-state index in [1.54, 1.807) is 19.1 Å². The van der Waals surface area contributed by atoms with Crippen molar-refractivity contribution in [3.8, 4) is 11.4 Å². The second-order valence-electron chi connectivity index (χ2n) is 5.92. The average Bonchev–Trinajstić information content (AvgIpc) is 3.11. The predicted octanol–water partition coefficient (Wildman–Crippen LogP) is 3.56. The molecule has 2 aromatic rings. The molecule has 1 aliphatic carbocycles. The molecule has 6 nitrogen and oxygen atoms in total. The normalized spacial score (nSPS) is 20.7. The van der Waals surface area contributed by atoms with Crippen molar-refractivity contribution >= 4 is 5.91 Å². The topological polar surface area (TPSA) is 68.5 Å². The zero-order valence-corrected chi connectivity index (χ0v) is 13.8. The maximum absolute atomic E-state index is 13.1. The molecule has 1 aliphatic rings. The molecule has 3 rings (SSSR count). The minimum atomic E-state index is -4.71. The van der Waals surface area contributed by atoms with Gasteiger partial charge >= 0.3 is 12.1 Å². The monoisotopic (exact) mass is 373 g/mol. The fourth-order valence-electron chi connectivity index (χ4n) is 2.52. The van der Waals surface area contributed by atoms with Gasteiger partial charge in [-0.25, -0.2) is 9.45 Å². The summed E-state index contributed by atoms with van der Waals surface area (Å²) in [7, 11) is 1.32. The molecule has 26 heavy (non-hydrogen) atoms. The molecule has 140 valence electrons. The number of hydrogen-bond donors (Lipinski definition) is 0. The minimum absolute atomic E-state index is 0.184. The van der Waals surface area contributed by atoms with Crippen molar-refractivity contribution in [1.29, 1.82) is 0 Å². The summed E-state index contributed by atoms with van der Waals surface area (Å²) in [6.07, 6.45) is -5.67. The van der Waals surface area contributed by atoms with Crippen molar-refractivity contribution in [3.05, 3.63) is 35.7 Å². The summed E-state index contributed by atoms with van der Waals surface area (Å²) >= 11 is 0. The first kappa shape index (κ1) is 18.3. The van der Waals surface area contributed by atoms with Gasteiger partial charge in [-0.3, -0.25) is 9.63 Å². The van der Waals surface area contributed by atoms with Crippen LogP contribution in [0.15, 0.2) is 28.8 Å². The Kier molecular flexibility index (Phi) is 4.70. The van der Waals surface area contributed by atoms with E-state index in [1.165, 1.54) is 19.2 Å². The number of halogens is 4. The van der Waals surface area contributed by atoms with Crippen LogP contribution in [0.2, 0.25) is 0 Å². The highest BCUT2D eigenvalue weighted by atomic mass is 19.4. The lowest BCUT2D eigenvalue weighted by molar-refractivity contribution is -0.189. The molecule has 3 unspecified atom stereocenters. The second kappa shape index (κ2) is 6.67. The van der Waals surface area contributed by atoms with Crippen LogP contribution in [-0.4, -0.2) is 34.4 Å². The summed E-state index contributed by atoms with van der Waals surface area (Å²) in [4.78, 5) is 20.6. The highest BCUT2D eigenvalue weighted by Gasteiger charge is 2.47. The Morgan fingerprint density at radius 3 is 2.42 bits per heavy atom. The summed E-state index contributed by atoms with van der Waals surface area (Å²) in [5, 5.41) is 4.40. The number of rotatable bonds is 5. The van der Waals surface area contributed by atoms with Crippen molar-refractivity contribution in [2.75, 3.05) is 7.11 Å². The number of amides is 1. The first-order valence-corrected chi connectivity index (χ1v) is 7.75. The van der Waals surface area contributed by atoms with Crippen LogP contribution < -0.4 is 0 Å². The summed E-state index contributed by atoms with van der Waals surface area (Å²) < 4.78 is 54.8. The molecule has 1 heterocycles. The van der Waals surface area contributed by atoms with Gasteiger partial charge in [0.05, 0.1) is 19.1 Å². The molecule has 1 amide bonds. The van der Waals surface area contributed by atoms with E-state index < -0.39 is 36.1 Å². The van der Waals surface area contributed by atoms with Crippen LogP contribution in [0.25, 0.3) is 11.4 Å². The van der Waals surface area contributed by atoms with Gasteiger partial charge < -0.3 is 4.52 Å². The number of carbonyl (C=O) groups is 1. The molecule has 1 fully saturated rings. The summed E-state index contributed by atoms with van der Waals surface area (Å²) in [5.74, 6) is -2.75. The van der Waals surface area contributed by atoms with E-state index in [-0.39, 0.29) is 12.2 Å². The van der Waals surface area contributed by atoms with Gasteiger partial charge in [0, 0.05) is 5.56 Å². The minimum Gasteiger partial charge on any atom is -0.329 e. The van der Waals surface area contributed by atoms with E-state index in [0.29, 0.717) is 11.1 Å². The number of carbonyl (C=O) groups excluding carboxylic acids is 1. The van der Waals surface area contributed by atoms with Gasteiger partial charge in [-0.2, -0.15) is 18.2 Å². The van der Waals surface area contributed by atoms with Gasteiger partial charge in [-0.1, -0.05) is 29.4 Å². The Labute approximate surface area is 145 Å². The van der Waals surface area contributed by atoms with Crippen LogP contribution in [0.1, 0.15) is 30.8 Å². The molecule has 1 aromatic carbocycles. The van der Waals surface area contributed by atoms with E-state index >= 15 is 0 Å². The molecule has 1 saturated carbocycles. The fourth-order valence-corrected chi connectivity index (χ4v) is 2.52. The van der Waals surface area contributed by atoms with Crippen LogP contribution in [0.5, 0.6) is 0 Å². The Bertz CT molecular complexity index is 791. The molecule has 0 radical (unpaired) electrons. The Balaban J connectivity index is 1.76. The van der Waals surface area contributed by atoms with Crippen molar-refractivity contribution in [3.63, 3.8) is 0 Å². The number of nitrogens with zero attached hydrogens (tertiary/aromatic N) is 3. The van der Waals surface area contributed by atoms with E-state index in [2.05, 4.69) is 14.7 Å². The van der Waals surface area contributed by atoms with Crippen molar-refractivity contribution in [2.45, 2.75) is 31.7 Å². The predicted molar refractivity (Wildman–Crippen MR) is 80.0 cm³/mol. The van der Waals surface area contributed by atoms with Gasteiger partial charge in [0.1, 0.15) is 6.17 Å². The van der Waals surface area contributed by atoms with Crippen LogP contribution >= 0.6 is 0 Å². The number of hydrogen-bond acceptors (Lipinski definition) is 5. The third-order valence-electron chi connectivity index (χ3n) is 4.12. The molecule has 0 spiro atoms. The summed E-state index contributed by atoms with van der Waals surface area (Å²) in [6, 6.07) is 5.70. The smallest absolute Gasteiger partial charge is 0.329 e. The van der Waals surface area contributed by atoms with Gasteiger partial charge in [0.25, 0.3) is 5.91 Å². The number of benzene rings is 1. The van der Waals surface area contributed by atoms with Crippen molar-refractivity contribution < 1.29 is 31.7 Å². The highest BCUT2D eigenvalue weighted by Crippen LogP contribution is 2.37. The maximum Gasteiger partial charge on any atom is 0.471 e. The van der Waals surface area contributed by atoms with Crippen LogP contribution in [0, 0.1) is 5.92 Å². The molecule has 0 saturated heterocycles. The Morgan fingerprint density at radius 2 is 1.96 bits per heavy atom. The average molecular weight is 373 g/mol. The lowest BCUT2D eigenvalue weighted by atomic mass is 10.1. The van der Waals surface area contributed by atoms with Gasteiger partial charge in [-0.15, -0.1) is 0 Å². The molecular formula is C16H15F4N3O3. The zero-order valence-electron chi connectivity index (χ0n) is 13.8. The number of hydroxylamine groups is 2. The molecule has 0 N–H and O–H groups in total. The standard InChI is InChI=1S/C16H15F4N3O3/c1-8(23(25-2)14(24)11-7-12(11)17)9-3-5-10(6-4-9)13-21-15(26-22-13)16(18,19)20/h3-6,8,11-12H,7H2,1-2H3. The Morgan fingerprint density at radius 1 is 1.35 bits per heavy atom. The second-order valence-corrected chi connectivity index (χ2v) is 5.92. The summed E-state index contributed by atoms with van der Waals surface area (Å²) in [6.45, 7) is 1.70. The first-order chi connectivity index (χ1) is 12.2. The molecular weight excluding hydrogens is 358 g/mol. The van der Waals surface area contributed by atoms with Crippen molar-refractivity contribution in [2.24, 2.45) is 5.92 Å². The van der Waals surface area contributed by atoms with Crippen LogP contribution in [-0.2, 0) is 15.8 Å². The molecule has 0 bridgehead atoms. The van der Waals surface area contributed by atoms with Crippen molar-refractivity contribution in [1.82, 2.24) is 15.2 Å². The number of alkyl halides is 4. The van der Waals surface area contributed by atoms with E-state index in [0.717, 1.165) is 5.06 Å². The lowest BCUT2D eigenvalue weighted by Crippen LogP contribution is -2.34. The quantitative estimate of drug-likeness (QED) is 0.592. The Hall–Kier alpha value is -2.49.